The number of nitrogens with zero attached hydrogens (tertiary/aromatic N) is 3. The van der Waals surface area contributed by atoms with Gasteiger partial charge in [-0.1, -0.05) is 17.3 Å². The van der Waals surface area contributed by atoms with Crippen molar-refractivity contribution in [2.45, 2.75) is 0 Å². The fraction of sp³-hybridized carbons (Fsp3) is 0.143. The predicted octanol–water partition coefficient (Wildman–Crippen LogP) is 2.16. The van der Waals surface area contributed by atoms with Crippen molar-refractivity contribution in [3.63, 3.8) is 0 Å². The molecule has 0 radical (unpaired) electrons. The van der Waals surface area contributed by atoms with Gasteiger partial charge in [0.1, 0.15) is 0 Å². The van der Waals surface area contributed by atoms with Crippen molar-refractivity contribution in [1.82, 2.24) is 0 Å². The van der Waals surface area contributed by atoms with Crippen molar-refractivity contribution in [3.05, 3.63) is 48.5 Å². The second-order valence-electron chi connectivity index (χ2n) is 4.45. The highest BCUT2D eigenvalue weighted by atomic mass is 28.1. The van der Waals surface area contributed by atoms with Gasteiger partial charge < -0.3 is 4.90 Å². The van der Waals surface area contributed by atoms with Gasteiger partial charge in [-0.25, -0.2) is 0 Å². The SMILES string of the molecule is CN(C)c1ccc(N=Nc2ccc([SiH3])cc2)cc1. The first kappa shape index (κ1) is 12.5. The Bertz CT molecular complexity index is 530. The van der Waals surface area contributed by atoms with Crippen LogP contribution in [-0.2, 0) is 0 Å². The van der Waals surface area contributed by atoms with Crippen molar-refractivity contribution < 1.29 is 0 Å². The largest absolute Gasteiger partial charge is 0.378 e. The summed E-state index contributed by atoms with van der Waals surface area (Å²) in [5.74, 6) is 0. The quantitative estimate of drug-likeness (QED) is 0.610. The van der Waals surface area contributed by atoms with E-state index < -0.39 is 0 Å². The number of azo groups is 1. The number of benzene rings is 2. The van der Waals surface area contributed by atoms with E-state index in [0.717, 1.165) is 27.3 Å². The predicted molar refractivity (Wildman–Crippen MR) is 81.0 cm³/mol. The normalized spacial score (nSPS) is 11.0. The highest BCUT2D eigenvalue weighted by molar-refractivity contribution is 6.32. The fourth-order valence-electron chi connectivity index (χ4n) is 1.54. The molecular formula is C14H17N3Si. The molecule has 0 aliphatic rings. The molecule has 2 rings (SSSR count). The molecule has 0 heterocycles. The van der Waals surface area contributed by atoms with E-state index in [4.69, 9.17) is 0 Å². The van der Waals surface area contributed by atoms with E-state index in [-0.39, 0.29) is 0 Å². The average molecular weight is 255 g/mol. The lowest BCUT2D eigenvalue weighted by atomic mass is 10.3. The summed E-state index contributed by atoms with van der Waals surface area (Å²) in [5, 5.41) is 9.81. The number of anilines is 1. The van der Waals surface area contributed by atoms with Crippen LogP contribution in [0.3, 0.4) is 0 Å². The van der Waals surface area contributed by atoms with Crippen molar-refractivity contribution in [2.24, 2.45) is 10.2 Å². The number of rotatable bonds is 3. The van der Waals surface area contributed by atoms with E-state index in [1.165, 1.54) is 5.19 Å². The Kier molecular flexibility index (Phi) is 3.89. The molecule has 92 valence electrons. The smallest absolute Gasteiger partial charge is 0.0858 e. The van der Waals surface area contributed by atoms with Crippen LogP contribution < -0.4 is 10.1 Å². The molecule has 0 atom stereocenters. The van der Waals surface area contributed by atoms with Gasteiger partial charge >= 0.3 is 0 Å². The van der Waals surface area contributed by atoms with Gasteiger partial charge in [0.05, 0.1) is 11.4 Å². The molecule has 0 aliphatic heterocycles. The molecular weight excluding hydrogens is 238 g/mol. The lowest BCUT2D eigenvalue weighted by Crippen LogP contribution is -2.07. The molecule has 0 fully saturated rings. The number of hydrogen-bond acceptors (Lipinski definition) is 3. The maximum atomic E-state index is 4.22. The molecule has 18 heavy (non-hydrogen) atoms. The van der Waals surface area contributed by atoms with E-state index in [9.17, 15) is 0 Å². The highest BCUT2D eigenvalue weighted by Crippen LogP contribution is 2.20. The van der Waals surface area contributed by atoms with E-state index in [0.29, 0.717) is 0 Å². The molecule has 0 saturated heterocycles. The van der Waals surface area contributed by atoms with Crippen LogP contribution in [0, 0.1) is 0 Å². The highest BCUT2D eigenvalue weighted by Gasteiger charge is 1.95. The third-order valence-corrected chi connectivity index (χ3v) is 3.35. The molecule has 2 aromatic rings. The Morgan fingerprint density at radius 3 is 1.67 bits per heavy atom. The minimum absolute atomic E-state index is 0.871. The van der Waals surface area contributed by atoms with Crippen LogP contribution in [0.2, 0.25) is 0 Å². The lowest BCUT2D eigenvalue weighted by molar-refractivity contribution is 1.13. The Balaban J connectivity index is 2.11. The van der Waals surface area contributed by atoms with Gasteiger partial charge in [0, 0.05) is 30.0 Å². The van der Waals surface area contributed by atoms with Crippen LogP contribution in [0.5, 0.6) is 0 Å². The third kappa shape index (κ3) is 3.27. The molecule has 0 N–H and O–H groups in total. The zero-order valence-electron chi connectivity index (χ0n) is 11.0. The summed E-state index contributed by atoms with van der Waals surface area (Å²) in [7, 11) is 5.11. The Morgan fingerprint density at radius 2 is 1.22 bits per heavy atom. The zero-order chi connectivity index (χ0) is 13.0. The minimum atomic E-state index is 0.871. The molecule has 4 heteroatoms. The second-order valence-corrected chi connectivity index (χ2v) is 5.60. The molecule has 0 bridgehead atoms. The van der Waals surface area contributed by atoms with E-state index in [1.807, 2.05) is 50.5 Å². The topological polar surface area (TPSA) is 28.0 Å². The summed E-state index contributed by atoms with van der Waals surface area (Å²) in [5.41, 5.74) is 2.93. The van der Waals surface area contributed by atoms with Crippen LogP contribution >= 0.6 is 0 Å². The third-order valence-electron chi connectivity index (χ3n) is 2.68. The van der Waals surface area contributed by atoms with Gasteiger partial charge in [0.2, 0.25) is 0 Å². The molecule has 0 saturated carbocycles. The first-order valence-corrected chi connectivity index (χ1v) is 6.91. The summed E-state index contributed by atoms with van der Waals surface area (Å²) in [6, 6.07) is 16.2. The molecule has 0 spiro atoms. The monoisotopic (exact) mass is 255 g/mol. The van der Waals surface area contributed by atoms with E-state index in [1.54, 1.807) is 0 Å². The summed E-state index contributed by atoms with van der Waals surface area (Å²) in [6.45, 7) is 0. The molecule has 3 nitrogen and oxygen atoms in total. The van der Waals surface area contributed by atoms with E-state index in [2.05, 4.69) is 27.3 Å². The zero-order valence-corrected chi connectivity index (χ0v) is 13.0. The summed E-state index contributed by atoms with van der Waals surface area (Å²) in [6.07, 6.45) is 0. The first-order valence-electron chi connectivity index (χ1n) is 5.91. The second kappa shape index (κ2) is 5.60. The van der Waals surface area contributed by atoms with Gasteiger partial charge in [-0.05, 0) is 36.4 Å². The first-order chi connectivity index (χ1) is 8.65. The van der Waals surface area contributed by atoms with Gasteiger partial charge in [-0.2, -0.15) is 10.2 Å². The van der Waals surface area contributed by atoms with E-state index >= 15 is 0 Å². The Hall–Kier alpha value is -1.94. The average Bonchev–Trinajstić information content (AvgIpc) is 2.38. The molecule has 0 unspecified atom stereocenters. The van der Waals surface area contributed by atoms with Crippen LogP contribution in [0.25, 0.3) is 0 Å². The molecule has 0 amide bonds. The molecule has 0 aromatic heterocycles. The van der Waals surface area contributed by atoms with Gasteiger partial charge in [0.25, 0.3) is 0 Å². The summed E-state index contributed by atoms with van der Waals surface area (Å²) < 4.78 is 0. The summed E-state index contributed by atoms with van der Waals surface area (Å²) in [4.78, 5) is 2.06. The maximum Gasteiger partial charge on any atom is 0.0858 e. The van der Waals surface area contributed by atoms with Crippen molar-refractivity contribution in [2.75, 3.05) is 19.0 Å². The Morgan fingerprint density at radius 1 is 0.778 bits per heavy atom. The van der Waals surface area contributed by atoms with Crippen molar-refractivity contribution >= 4 is 32.5 Å². The molecule has 0 aliphatic carbocycles. The van der Waals surface area contributed by atoms with Gasteiger partial charge in [0.15, 0.2) is 0 Å². The van der Waals surface area contributed by atoms with Crippen molar-refractivity contribution in [1.29, 1.82) is 0 Å². The lowest BCUT2D eigenvalue weighted by Gasteiger charge is -2.11. The van der Waals surface area contributed by atoms with Crippen LogP contribution in [0.15, 0.2) is 58.8 Å². The van der Waals surface area contributed by atoms with Crippen molar-refractivity contribution in [3.8, 4) is 0 Å². The van der Waals surface area contributed by atoms with Crippen LogP contribution in [0.1, 0.15) is 0 Å². The minimum Gasteiger partial charge on any atom is -0.378 e. The van der Waals surface area contributed by atoms with Gasteiger partial charge in [-0.3, -0.25) is 0 Å². The van der Waals surface area contributed by atoms with Gasteiger partial charge in [-0.15, -0.1) is 0 Å². The Labute approximate surface area is 111 Å². The van der Waals surface area contributed by atoms with Crippen LogP contribution in [0.4, 0.5) is 17.1 Å². The molecule has 2 aromatic carbocycles. The fourth-order valence-corrected chi connectivity index (χ4v) is 1.88. The standard InChI is InChI=1S/C14H17N3Si/c1-17(2)13-7-3-11(4-8-13)15-16-12-5-9-14(18)10-6-12/h3-10H,1-2,18H3. The summed E-state index contributed by atoms with van der Waals surface area (Å²) >= 11 is 0. The number of hydrogen-bond donors (Lipinski definition) is 0. The van der Waals surface area contributed by atoms with Crippen LogP contribution in [-0.4, -0.2) is 24.3 Å². The maximum absolute atomic E-state index is 4.22.